The van der Waals surface area contributed by atoms with Gasteiger partial charge in [0.2, 0.25) is 0 Å². The van der Waals surface area contributed by atoms with E-state index in [-0.39, 0.29) is 10.8 Å². The van der Waals surface area contributed by atoms with Crippen LogP contribution in [0.2, 0.25) is 0 Å². The van der Waals surface area contributed by atoms with Crippen molar-refractivity contribution in [1.29, 1.82) is 0 Å². The monoisotopic (exact) mass is 350 g/mol. The number of nitrogens with zero attached hydrogens (tertiary/aromatic N) is 2. The summed E-state index contributed by atoms with van der Waals surface area (Å²) in [5.74, 6) is 2.71. The molecule has 26 heavy (non-hydrogen) atoms. The molecule has 3 heteroatoms. The maximum Gasteiger partial charge on any atom is 0.133 e. The highest BCUT2D eigenvalue weighted by Crippen LogP contribution is 2.65. The molecule has 0 aromatic carbocycles. The molecule has 0 saturated heterocycles. The number of Topliss-reactive ketones (excluding diaryl/α,β-unsaturated/α-hetero) is 1. The van der Waals surface area contributed by atoms with Crippen molar-refractivity contribution in [3.05, 3.63) is 36.4 Å². The van der Waals surface area contributed by atoms with Crippen molar-refractivity contribution in [3.63, 3.8) is 0 Å². The van der Waals surface area contributed by atoms with E-state index in [9.17, 15) is 4.79 Å². The minimum atomic E-state index is 0.258. The number of aromatic nitrogens is 2. The summed E-state index contributed by atoms with van der Waals surface area (Å²) in [6.07, 6.45) is 19.6. The fourth-order valence-electron chi connectivity index (χ4n) is 7.04. The third kappa shape index (κ3) is 2.18. The van der Waals surface area contributed by atoms with Crippen LogP contribution in [-0.2, 0) is 4.79 Å². The van der Waals surface area contributed by atoms with Gasteiger partial charge in [0, 0.05) is 36.3 Å². The lowest BCUT2D eigenvalue weighted by molar-refractivity contribution is -0.119. The predicted molar refractivity (Wildman–Crippen MR) is 103 cm³/mol. The van der Waals surface area contributed by atoms with Crippen molar-refractivity contribution < 1.29 is 4.79 Å². The first-order valence-electron chi connectivity index (χ1n) is 10.4. The van der Waals surface area contributed by atoms with E-state index in [2.05, 4.69) is 41.7 Å². The third-order valence-corrected chi connectivity index (χ3v) is 8.54. The van der Waals surface area contributed by atoms with Crippen LogP contribution in [0.4, 0.5) is 0 Å². The zero-order valence-electron chi connectivity index (χ0n) is 16.1. The summed E-state index contributed by atoms with van der Waals surface area (Å²) < 4.78 is 2.25. The molecule has 3 nitrogen and oxygen atoms in total. The number of fused-ring (bicyclic) bond motifs is 5. The molecule has 1 aromatic heterocycles. The average molecular weight is 351 g/mol. The molecule has 2 saturated carbocycles. The smallest absolute Gasteiger partial charge is 0.133 e. The van der Waals surface area contributed by atoms with Crippen LogP contribution in [-0.4, -0.2) is 15.3 Å². The maximum absolute atomic E-state index is 12.1. The van der Waals surface area contributed by atoms with Crippen LogP contribution in [0.1, 0.15) is 65.2 Å². The summed E-state index contributed by atoms with van der Waals surface area (Å²) in [7, 11) is 0. The van der Waals surface area contributed by atoms with Gasteiger partial charge >= 0.3 is 0 Å². The van der Waals surface area contributed by atoms with Crippen LogP contribution < -0.4 is 0 Å². The number of carbonyl (C=O) groups is 1. The van der Waals surface area contributed by atoms with Crippen LogP contribution in [0.3, 0.4) is 0 Å². The first-order chi connectivity index (χ1) is 12.5. The van der Waals surface area contributed by atoms with Gasteiger partial charge in [-0.05, 0) is 61.7 Å². The summed E-state index contributed by atoms with van der Waals surface area (Å²) in [6, 6.07) is 0. The average Bonchev–Trinajstić information content (AvgIpc) is 3.22. The van der Waals surface area contributed by atoms with Crippen LogP contribution in [0.15, 0.2) is 36.4 Å². The van der Waals surface area contributed by atoms with Gasteiger partial charge in [0.25, 0.3) is 0 Å². The lowest BCUT2D eigenvalue weighted by Crippen LogP contribution is -2.48. The van der Waals surface area contributed by atoms with Gasteiger partial charge in [0.1, 0.15) is 5.78 Å². The first kappa shape index (κ1) is 16.5. The molecule has 0 amide bonds. The maximum atomic E-state index is 12.1. The number of allylic oxidation sites excluding steroid dienone is 4. The summed E-state index contributed by atoms with van der Waals surface area (Å²) in [6.45, 7) is 4.97. The van der Waals surface area contributed by atoms with Crippen LogP contribution in [0.5, 0.6) is 0 Å². The molecule has 1 heterocycles. The first-order valence-corrected chi connectivity index (χ1v) is 10.4. The van der Waals surface area contributed by atoms with Gasteiger partial charge in [-0.15, -0.1) is 0 Å². The second-order valence-corrected chi connectivity index (χ2v) is 9.55. The summed E-state index contributed by atoms with van der Waals surface area (Å²) in [4.78, 5) is 16.4. The van der Waals surface area contributed by atoms with E-state index in [1.54, 1.807) is 5.57 Å². The summed E-state index contributed by atoms with van der Waals surface area (Å²) in [5.41, 5.74) is 3.60. The van der Waals surface area contributed by atoms with Gasteiger partial charge < -0.3 is 4.57 Å². The summed E-state index contributed by atoms with van der Waals surface area (Å²) in [5, 5.41) is 0. The number of imidazole rings is 1. The van der Waals surface area contributed by atoms with E-state index < -0.39 is 0 Å². The van der Waals surface area contributed by atoms with Crippen molar-refractivity contribution in [1.82, 2.24) is 9.55 Å². The Labute approximate surface area is 156 Å². The Bertz CT molecular complexity index is 789. The number of rotatable bonds is 1. The van der Waals surface area contributed by atoms with Crippen molar-refractivity contribution in [2.75, 3.05) is 0 Å². The van der Waals surface area contributed by atoms with E-state index >= 15 is 0 Å². The molecule has 0 bridgehead atoms. The van der Waals surface area contributed by atoms with Crippen LogP contribution >= 0.6 is 0 Å². The van der Waals surface area contributed by atoms with Gasteiger partial charge in [-0.2, -0.15) is 0 Å². The molecular formula is C23H30N2O. The highest BCUT2D eigenvalue weighted by atomic mass is 16.1. The quantitative estimate of drug-likeness (QED) is 0.648. The van der Waals surface area contributed by atoms with Gasteiger partial charge in [-0.3, -0.25) is 4.79 Å². The van der Waals surface area contributed by atoms with E-state index in [0.29, 0.717) is 5.78 Å². The standard InChI is InChI=1S/C23H30N2O/c1-22-11-9-17(26)5-3-16(22)4-6-18-19-7-8-21(25-14-13-24-15-25)23(19,2)12-10-20(18)22/h4,8,13-15,18-20H,3,5-7,9-12H2,1-2H3/t18-,19-,20-,22-,23-/m0/s1. The van der Waals surface area contributed by atoms with Crippen molar-refractivity contribution in [3.8, 4) is 0 Å². The Hall–Kier alpha value is -1.64. The fourth-order valence-corrected chi connectivity index (χ4v) is 7.04. The zero-order chi connectivity index (χ0) is 17.9. The minimum absolute atomic E-state index is 0.258. The van der Waals surface area contributed by atoms with Gasteiger partial charge in [-0.25, -0.2) is 4.98 Å². The van der Waals surface area contributed by atoms with E-state index in [1.165, 1.54) is 31.4 Å². The number of carbonyl (C=O) groups excluding carboxylic acids is 1. The Morgan fingerprint density at radius 1 is 1.04 bits per heavy atom. The predicted octanol–water partition coefficient (Wildman–Crippen LogP) is 5.26. The largest absolute Gasteiger partial charge is 0.310 e. The van der Waals surface area contributed by atoms with E-state index in [0.717, 1.165) is 43.4 Å². The van der Waals surface area contributed by atoms with Gasteiger partial charge in [-0.1, -0.05) is 31.6 Å². The van der Waals surface area contributed by atoms with Crippen LogP contribution in [0, 0.1) is 28.6 Å². The highest BCUT2D eigenvalue weighted by molar-refractivity contribution is 5.79. The lowest BCUT2D eigenvalue weighted by atomic mass is 9.49. The number of hydrogen-bond donors (Lipinski definition) is 0. The molecule has 1 aromatic rings. The molecule has 0 aliphatic heterocycles. The number of hydrogen-bond acceptors (Lipinski definition) is 2. The van der Waals surface area contributed by atoms with Crippen molar-refractivity contribution in [2.24, 2.45) is 28.6 Å². The van der Waals surface area contributed by atoms with Crippen LogP contribution in [0.25, 0.3) is 5.70 Å². The number of ketones is 1. The van der Waals surface area contributed by atoms with Crippen molar-refractivity contribution >= 4 is 11.5 Å². The Balaban J connectivity index is 1.48. The molecule has 0 N–H and O–H groups in total. The van der Waals surface area contributed by atoms with E-state index in [4.69, 9.17) is 0 Å². The topological polar surface area (TPSA) is 34.9 Å². The second kappa shape index (κ2) is 5.68. The third-order valence-electron chi connectivity index (χ3n) is 8.54. The molecule has 5 atom stereocenters. The molecule has 2 fully saturated rings. The Morgan fingerprint density at radius 2 is 1.92 bits per heavy atom. The molecule has 4 aliphatic rings. The molecule has 0 spiro atoms. The molecule has 138 valence electrons. The minimum Gasteiger partial charge on any atom is -0.310 e. The molecule has 0 unspecified atom stereocenters. The zero-order valence-corrected chi connectivity index (χ0v) is 16.1. The molecule has 5 rings (SSSR count). The van der Waals surface area contributed by atoms with Gasteiger partial charge in [0.05, 0.1) is 6.33 Å². The normalized spacial score (nSPS) is 42.2. The Morgan fingerprint density at radius 3 is 2.73 bits per heavy atom. The molecule has 4 aliphatic carbocycles. The lowest BCUT2D eigenvalue weighted by Gasteiger charge is -2.56. The Kier molecular flexibility index (Phi) is 3.61. The molecule has 0 radical (unpaired) electrons. The SMILES string of the molecule is C[C@]12CCC(=O)CCC1=CC[C@@H]1[C@@H]2CC[C@]2(C)C(n3ccnc3)=CC[C@@H]12. The molecular weight excluding hydrogens is 320 g/mol. The highest BCUT2D eigenvalue weighted by Gasteiger charge is 2.56. The van der Waals surface area contributed by atoms with Crippen molar-refractivity contribution in [2.45, 2.75) is 65.2 Å². The van der Waals surface area contributed by atoms with Gasteiger partial charge in [0.15, 0.2) is 0 Å². The van der Waals surface area contributed by atoms with E-state index in [1.807, 2.05) is 12.5 Å². The second-order valence-electron chi connectivity index (χ2n) is 9.55. The summed E-state index contributed by atoms with van der Waals surface area (Å²) >= 11 is 0. The fraction of sp³-hybridized carbons (Fsp3) is 0.652.